The first-order chi connectivity index (χ1) is 27.7. The summed E-state index contributed by atoms with van der Waals surface area (Å²) in [5, 5.41) is 15.6. The fourth-order valence-corrected chi connectivity index (χ4v) is 6.35. The van der Waals surface area contributed by atoms with Crippen LogP contribution in [-0.2, 0) is 14.1 Å². The molecule has 6 N–H and O–H groups in total. The van der Waals surface area contributed by atoms with E-state index in [0.717, 1.165) is 33.2 Å². The molecule has 0 saturated carbocycles. The average molecular weight is 815 g/mol. The van der Waals surface area contributed by atoms with Gasteiger partial charge in [0.2, 0.25) is 0 Å². The van der Waals surface area contributed by atoms with Crippen LogP contribution in [0.15, 0.2) is 58.4 Å². The van der Waals surface area contributed by atoms with Crippen molar-refractivity contribution >= 4 is 84.7 Å². The summed E-state index contributed by atoms with van der Waals surface area (Å²) >= 11 is 0. The van der Waals surface area contributed by atoms with Gasteiger partial charge in [0.05, 0.1) is 60.2 Å². The standard InChI is InChI=1S/2C19H21BN6O.2C2H6.H2S/c2*1-9(2)17(20)23-16-13(19(27)22-12-8-26(4)25-15(12)16)18-21-11-7-5-6-10(3)14(11)24-18;2*1-2;/h2*5-9,17,23H,1-4H3,(H,21,24)(H,22,27);2*1-2H3;1H2. The van der Waals surface area contributed by atoms with E-state index >= 15 is 0 Å². The molecule has 0 spiro atoms. The SMILES string of the molecule is CC.CC.S.[B]C(Nc1c(-c2nc3c(C)cccc3[nH]2)c(=O)[nH]c2cn(C)nc12)C(C)C.[B]C(Nc1c(-c2nc3c(C)cccc3[nH]2)c(=O)[nH]c2cn(C)nc12)C(C)C. The second-order valence-corrected chi connectivity index (χ2v) is 14.5. The molecule has 8 aromatic rings. The third kappa shape index (κ3) is 9.46. The number of fused-ring (bicyclic) bond motifs is 4. The highest BCUT2D eigenvalue weighted by Gasteiger charge is 2.24. The Bertz CT molecular complexity index is 2600. The third-order valence-corrected chi connectivity index (χ3v) is 9.54. The Kier molecular flexibility index (Phi) is 15.1. The highest BCUT2D eigenvalue weighted by molar-refractivity contribution is 7.59. The summed E-state index contributed by atoms with van der Waals surface area (Å²) < 4.78 is 3.33. The van der Waals surface area contributed by atoms with E-state index < -0.39 is 0 Å². The van der Waals surface area contributed by atoms with E-state index in [-0.39, 0.29) is 48.3 Å². The maximum atomic E-state index is 12.9. The maximum absolute atomic E-state index is 12.9. The molecular weight excluding hydrogens is 758 g/mol. The number of rotatable bonds is 8. The zero-order chi connectivity index (χ0) is 42.6. The number of H-pyrrole nitrogens is 4. The largest absolute Gasteiger partial charge is 0.388 e. The molecule has 0 amide bonds. The van der Waals surface area contributed by atoms with Crippen LogP contribution in [0.2, 0.25) is 0 Å². The highest BCUT2D eigenvalue weighted by Crippen LogP contribution is 2.33. The summed E-state index contributed by atoms with van der Waals surface area (Å²) in [6.07, 6.45) is 3.55. The van der Waals surface area contributed by atoms with Gasteiger partial charge in [-0.15, -0.1) is 0 Å². The van der Waals surface area contributed by atoms with Crippen LogP contribution in [0.1, 0.15) is 66.5 Å². The lowest BCUT2D eigenvalue weighted by molar-refractivity contribution is 0.643. The van der Waals surface area contributed by atoms with Gasteiger partial charge in [-0.1, -0.05) is 79.7 Å². The van der Waals surface area contributed by atoms with Gasteiger partial charge >= 0.3 is 0 Å². The molecule has 17 heteroatoms. The molecule has 0 aliphatic heterocycles. The number of para-hydroxylation sites is 2. The summed E-state index contributed by atoms with van der Waals surface area (Å²) in [7, 11) is 16.1. The second-order valence-electron chi connectivity index (χ2n) is 14.5. The Labute approximate surface area is 354 Å². The molecule has 59 heavy (non-hydrogen) atoms. The summed E-state index contributed by atoms with van der Waals surface area (Å²) in [6, 6.07) is 11.8. The molecule has 2 aromatic carbocycles. The molecule has 6 aromatic heterocycles. The fraction of sp³-hybridized carbons (Fsp3) is 0.381. The number of nitrogens with zero attached hydrogens (tertiary/aromatic N) is 6. The van der Waals surface area contributed by atoms with Gasteiger partial charge < -0.3 is 30.6 Å². The number of pyridine rings is 2. The molecule has 0 saturated heterocycles. The Morgan fingerprint density at radius 1 is 0.576 bits per heavy atom. The zero-order valence-electron chi connectivity index (χ0n) is 36.1. The number of aryl methyl sites for hydroxylation is 4. The van der Waals surface area contributed by atoms with Crippen molar-refractivity contribution in [1.29, 1.82) is 0 Å². The Balaban J connectivity index is 0.000000237. The van der Waals surface area contributed by atoms with Crippen molar-refractivity contribution in [2.24, 2.45) is 25.9 Å². The number of aromatic nitrogens is 10. The van der Waals surface area contributed by atoms with Gasteiger partial charge in [-0.25, -0.2) is 9.97 Å². The topological polar surface area (TPSA) is 183 Å². The first-order valence-electron chi connectivity index (χ1n) is 19.8. The molecule has 2 unspecified atom stereocenters. The number of hydrogen-bond acceptors (Lipinski definition) is 8. The quantitative estimate of drug-likeness (QED) is 0.0852. The predicted octanol–water partition coefficient (Wildman–Crippen LogP) is 7.52. The van der Waals surface area contributed by atoms with Crippen LogP contribution in [0, 0.1) is 25.7 Å². The van der Waals surface area contributed by atoms with E-state index in [1.54, 1.807) is 21.8 Å². The molecule has 0 aliphatic carbocycles. The average Bonchev–Trinajstić information content (AvgIpc) is 3.98. The molecule has 0 aliphatic rings. The van der Waals surface area contributed by atoms with Crippen molar-refractivity contribution < 1.29 is 0 Å². The molecule has 0 fully saturated rings. The number of anilines is 2. The highest BCUT2D eigenvalue weighted by atomic mass is 32.1. The van der Waals surface area contributed by atoms with Gasteiger partial charge in [0.1, 0.15) is 33.8 Å². The molecule has 0 bridgehead atoms. The Morgan fingerprint density at radius 3 is 1.25 bits per heavy atom. The minimum atomic E-state index is -0.332. The van der Waals surface area contributed by atoms with Gasteiger partial charge in [-0.3, -0.25) is 19.0 Å². The third-order valence-electron chi connectivity index (χ3n) is 9.54. The Morgan fingerprint density at radius 2 is 0.932 bits per heavy atom. The minimum absolute atomic E-state index is 0. The minimum Gasteiger partial charge on any atom is -0.388 e. The molecule has 308 valence electrons. The van der Waals surface area contributed by atoms with E-state index in [1.165, 1.54) is 0 Å². The van der Waals surface area contributed by atoms with Gasteiger partial charge in [-0.05, 0) is 60.8 Å². The van der Waals surface area contributed by atoms with Crippen LogP contribution >= 0.6 is 13.5 Å². The summed E-state index contributed by atoms with van der Waals surface area (Å²) in [4.78, 5) is 47.6. The van der Waals surface area contributed by atoms with Crippen LogP contribution in [0.5, 0.6) is 0 Å². The first kappa shape index (κ1) is 46.0. The smallest absolute Gasteiger partial charge is 0.261 e. The number of imidazole rings is 2. The van der Waals surface area contributed by atoms with Crippen LogP contribution < -0.4 is 21.8 Å². The predicted molar refractivity (Wildman–Crippen MR) is 251 cm³/mol. The van der Waals surface area contributed by atoms with Crippen LogP contribution in [-0.4, -0.2) is 77.0 Å². The summed E-state index contributed by atoms with van der Waals surface area (Å²) in [6.45, 7) is 20.1. The summed E-state index contributed by atoms with van der Waals surface area (Å²) in [5.74, 6) is 0.671. The normalized spacial score (nSPS) is 12.0. The van der Waals surface area contributed by atoms with Crippen molar-refractivity contribution in [1.82, 2.24) is 49.5 Å². The van der Waals surface area contributed by atoms with Gasteiger partial charge in [0.15, 0.2) is 0 Å². The van der Waals surface area contributed by atoms with Crippen molar-refractivity contribution in [3.8, 4) is 22.8 Å². The van der Waals surface area contributed by atoms with Crippen molar-refractivity contribution in [2.75, 3.05) is 10.6 Å². The molecule has 2 atom stereocenters. The Hall–Kier alpha value is -5.70. The van der Waals surface area contributed by atoms with E-state index in [0.29, 0.717) is 56.2 Å². The van der Waals surface area contributed by atoms with Crippen molar-refractivity contribution in [2.45, 2.75) is 81.1 Å². The lowest BCUT2D eigenvalue weighted by Gasteiger charge is -2.21. The second kappa shape index (κ2) is 19.4. The van der Waals surface area contributed by atoms with Crippen molar-refractivity contribution in [3.63, 3.8) is 0 Å². The van der Waals surface area contributed by atoms with Gasteiger partial charge in [-0.2, -0.15) is 23.7 Å². The lowest BCUT2D eigenvalue weighted by Crippen LogP contribution is -2.27. The van der Waals surface area contributed by atoms with E-state index in [4.69, 9.17) is 15.7 Å². The fourth-order valence-electron chi connectivity index (χ4n) is 6.35. The number of hydrogen-bond donors (Lipinski definition) is 6. The van der Waals surface area contributed by atoms with Crippen LogP contribution in [0.3, 0.4) is 0 Å². The molecular formula is C42H56B2N12O2S. The number of nitrogens with one attached hydrogen (secondary N) is 6. The van der Waals surface area contributed by atoms with Gasteiger partial charge in [0, 0.05) is 26.5 Å². The molecule has 4 radical (unpaired) electrons. The van der Waals surface area contributed by atoms with Crippen molar-refractivity contribution in [3.05, 3.63) is 80.6 Å². The summed E-state index contributed by atoms with van der Waals surface area (Å²) in [5.41, 5.74) is 9.64. The number of benzene rings is 2. The zero-order valence-corrected chi connectivity index (χ0v) is 37.1. The monoisotopic (exact) mass is 814 g/mol. The number of aromatic amines is 4. The first-order valence-corrected chi connectivity index (χ1v) is 19.8. The van der Waals surface area contributed by atoms with E-state index in [1.807, 2.05) is 120 Å². The maximum Gasteiger partial charge on any atom is 0.261 e. The van der Waals surface area contributed by atoms with Gasteiger partial charge in [0.25, 0.3) is 11.1 Å². The molecule has 8 rings (SSSR count). The molecule has 14 nitrogen and oxygen atoms in total. The van der Waals surface area contributed by atoms with E-state index in [2.05, 4.69) is 50.7 Å². The van der Waals surface area contributed by atoms with Crippen LogP contribution in [0.4, 0.5) is 11.4 Å². The molecule has 6 heterocycles. The lowest BCUT2D eigenvalue weighted by atomic mass is 9.85. The van der Waals surface area contributed by atoms with Crippen LogP contribution in [0.25, 0.3) is 66.9 Å². The van der Waals surface area contributed by atoms with E-state index in [9.17, 15) is 9.59 Å².